The molecule has 0 aliphatic heterocycles. The molecule has 19 heavy (non-hydrogen) atoms. The molecule has 0 saturated heterocycles. The zero-order valence-electron chi connectivity index (χ0n) is 10.2. The lowest BCUT2D eigenvalue weighted by Gasteiger charge is -2.10. The lowest BCUT2D eigenvalue weighted by molar-refractivity contribution is 0.200. The second kappa shape index (κ2) is 6.68. The van der Waals surface area contributed by atoms with Crippen LogP contribution < -0.4 is 0 Å². The summed E-state index contributed by atoms with van der Waals surface area (Å²) in [5.74, 6) is -0.0293. The zero-order chi connectivity index (χ0) is 13.7. The van der Waals surface area contributed by atoms with Gasteiger partial charge in [0.15, 0.2) is 0 Å². The summed E-state index contributed by atoms with van der Waals surface area (Å²) in [6, 6.07) is 12.3. The molecule has 0 aromatic heterocycles. The highest BCUT2D eigenvalue weighted by Gasteiger charge is 2.07. The third-order valence-electron chi connectivity index (χ3n) is 2.64. The summed E-state index contributed by atoms with van der Waals surface area (Å²) >= 11 is 1.47. The summed E-state index contributed by atoms with van der Waals surface area (Å²) in [4.78, 5) is 0.916. The topological polar surface area (TPSA) is 20.2 Å². The third kappa shape index (κ3) is 4.65. The molecule has 2 rings (SSSR count). The molecule has 4 heteroatoms. The van der Waals surface area contributed by atoms with Gasteiger partial charge in [-0.25, -0.2) is 8.78 Å². The van der Waals surface area contributed by atoms with Gasteiger partial charge in [-0.05, 0) is 48.4 Å². The molecule has 0 aliphatic carbocycles. The largest absolute Gasteiger partial charge is 0.392 e. The lowest BCUT2D eigenvalue weighted by atomic mass is 10.1. The quantitative estimate of drug-likeness (QED) is 0.843. The normalized spacial score (nSPS) is 12.4. The fourth-order valence-corrected chi connectivity index (χ4v) is 2.51. The molecule has 2 aromatic rings. The van der Waals surface area contributed by atoms with Gasteiger partial charge in [0.25, 0.3) is 0 Å². The Hall–Kier alpha value is -1.39. The maximum atomic E-state index is 12.7. The summed E-state index contributed by atoms with van der Waals surface area (Å²) in [6.07, 6.45) is -0.0328. The molecule has 0 saturated carbocycles. The van der Waals surface area contributed by atoms with E-state index < -0.39 is 6.10 Å². The Bertz CT molecular complexity index is 511. The van der Waals surface area contributed by atoms with E-state index in [1.807, 2.05) is 0 Å². The smallest absolute Gasteiger partial charge is 0.123 e. The van der Waals surface area contributed by atoms with Crippen LogP contribution in [0.5, 0.6) is 0 Å². The zero-order valence-corrected chi connectivity index (χ0v) is 11.0. The Morgan fingerprint density at radius 2 is 1.42 bits per heavy atom. The SMILES string of the molecule is OC(CSc1ccc(F)cc1)Cc1ccc(F)cc1. The minimum Gasteiger partial charge on any atom is -0.392 e. The van der Waals surface area contributed by atoms with Gasteiger partial charge in [0.2, 0.25) is 0 Å². The number of rotatable bonds is 5. The summed E-state index contributed by atoms with van der Waals surface area (Å²) in [6.45, 7) is 0. The second-order valence-corrected chi connectivity index (χ2v) is 5.34. The van der Waals surface area contributed by atoms with Gasteiger partial charge < -0.3 is 5.11 Å². The van der Waals surface area contributed by atoms with Crippen LogP contribution >= 0.6 is 11.8 Å². The number of benzene rings is 2. The van der Waals surface area contributed by atoms with Gasteiger partial charge in [0, 0.05) is 10.6 Å². The second-order valence-electron chi connectivity index (χ2n) is 4.25. The van der Waals surface area contributed by atoms with Crippen LogP contribution in [-0.2, 0) is 6.42 Å². The first-order valence-corrected chi connectivity index (χ1v) is 6.93. The van der Waals surface area contributed by atoms with Crippen LogP contribution in [0.2, 0.25) is 0 Å². The number of hydrogen-bond donors (Lipinski definition) is 1. The van der Waals surface area contributed by atoms with Gasteiger partial charge in [0.1, 0.15) is 11.6 Å². The number of halogens is 2. The minimum absolute atomic E-state index is 0.267. The van der Waals surface area contributed by atoms with E-state index in [2.05, 4.69) is 0 Å². The fourth-order valence-electron chi connectivity index (χ4n) is 1.67. The average molecular weight is 280 g/mol. The van der Waals surface area contributed by atoms with Crippen molar-refractivity contribution < 1.29 is 13.9 Å². The van der Waals surface area contributed by atoms with Gasteiger partial charge in [-0.15, -0.1) is 11.8 Å². The van der Waals surface area contributed by atoms with E-state index in [4.69, 9.17) is 0 Å². The van der Waals surface area contributed by atoms with Crippen LogP contribution in [0.1, 0.15) is 5.56 Å². The van der Waals surface area contributed by atoms with Crippen molar-refractivity contribution in [2.45, 2.75) is 17.4 Å². The molecule has 0 aliphatic rings. The van der Waals surface area contributed by atoms with Crippen LogP contribution in [0, 0.1) is 11.6 Å². The van der Waals surface area contributed by atoms with Crippen molar-refractivity contribution in [1.29, 1.82) is 0 Å². The van der Waals surface area contributed by atoms with Crippen LogP contribution in [0.4, 0.5) is 8.78 Å². The fraction of sp³-hybridized carbons (Fsp3) is 0.200. The predicted octanol–water partition coefficient (Wildman–Crippen LogP) is 3.66. The summed E-state index contributed by atoms with van der Waals surface area (Å²) in [5, 5.41) is 9.90. The molecule has 0 heterocycles. The lowest BCUT2D eigenvalue weighted by Crippen LogP contribution is -2.13. The maximum Gasteiger partial charge on any atom is 0.123 e. The van der Waals surface area contributed by atoms with Crippen molar-refractivity contribution >= 4 is 11.8 Å². The van der Waals surface area contributed by atoms with Crippen molar-refractivity contribution in [2.75, 3.05) is 5.75 Å². The molecule has 0 spiro atoms. The van der Waals surface area contributed by atoms with E-state index in [1.54, 1.807) is 24.3 Å². The molecular formula is C15H14F2OS. The monoisotopic (exact) mass is 280 g/mol. The highest BCUT2D eigenvalue weighted by atomic mass is 32.2. The first-order valence-electron chi connectivity index (χ1n) is 5.94. The molecule has 0 amide bonds. The van der Waals surface area contributed by atoms with Gasteiger partial charge >= 0.3 is 0 Å². The Morgan fingerprint density at radius 1 is 0.895 bits per heavy atom. The number of thioether (sulfide) groups is 1. The van der Waals surface area contributed by atoms with Crippen LogP contribution in [-0.4, -0.2) is 17.0 Å². The Kier molecular flexibility index (Phi) is 4.93. The molecule has 2 aromatic carbocycles. The molecule has 0 bridgehead atoms. The average Bonchev–Trinajstić information content (AvgIpc) is 2.41. The van der Waals surface area contributed by atoms with E-state index in [1.165, 1.54) is 36.0 Å². The molecule has 1 nitrogen and oxygen atoms in total. The Morgan fingerprint density at radius 3 is 2.00 bits per heavy atom. The Balaban J connectivity index is 1.82. The Labute approximate surface area is 115 Å². The molecule has 1 unspecified atom stereocenters. The van der Waals surface area contributed by atoms with E-state index in [9.17, 15) is 13.9 Å². The first-order chi connectivity index (χ1) is 9.13. The molecule has 1 N–H and O–H groups in total. The van der Waals surface area contributed by atoms with E-state index >= 15 is 0 Å². The minimum atomic E-state index is -0.513. The highest BCUT2D eigenvalue weighted by molar-refractivity contribution is 7.99. The van der Waals surface area contributed by atoms with E-state index in [-0.39, 0.29) is 11.6 Å². The predicted molar refractivity (Wildman–Crippen MR) is 73.2 cm³/mol. The molecule has 1 atom stereocenters. The first kappa shape index (κ1) is 14.0. The molecule has 0 fully saturated rings. The number of aliphatic hydroxyl groups excluding tert-OH is 1. The van der Waals surface area contributed by atoms with Gasteiger partial charge in [-0.2, -0.15) is 0 Å². The maximum absolute atomic E-state index is 12.7. The van der Waals surface area contributed by atoms with Gasteiger partial charge in [-0.3, -0.25) is 0 Å². The molecule has 100 valence electrons. The van der Waals surface area contributed by atoms with Gasteiger partial charge in [-0.1, -0.05) is 12.1 Å². The van der Waals surface area contributed by atoms with Gasteiger partial charge in [0.05, 0.1) is 6.10 Å². The van der Waals surface area contributed by atoms with Crippen LogP contribution in [0.15, 0.2) is 53.4 Å². The highest BCUT2D eigenvalue weighted by Crippen LogP contribution is 2.20. The summed E-state index contributed by atoms with van der Waals surface area (Å²) in [7, 11) is 0. The van der Waals surface area contributed by atoms with E-state index in [0.717, 1.165) is 10.5 Å². The number of aliphatic hydroxyl groups is 1. The van der Waals surface area contributed by atoms with Crippen molar-refractivity contribution in [3.63, 3.8) is 0 Å². The van der Waals surface area contributed by atoms with E-state index in [0.29, 0.717) is 12.2 Å². The summed E-state index contributed by atoms with van der Waals surface area (Å²) in [5.41, 5.74) is 0.897. The van der Waals surface area contributed by atoms with Crippen LogP contribution in [0.25, 0.3) is 0 Å². The standard InChI is InChI=1S/C15H14F2OS/c16-12-3-1-11(2-4-12)9-14(18)10-19-15-7-5-13(17)6-8-15/h1-8,14,18H,9-10H2. The summed E-state index contributed by atoms with van der Waals surface area (Å²) < 4.78 is 25.4. The molecular weight excluding hydrogens is 266 g/mol. The van der Waals surface area contributed by atoms with Crippen molar-refractivity contribution in [1.82, 2.24) is 0 Å². The third-order valence-corrected chi connectivity index (χ3v) is 3.80. The number of hydrogen-bond acceptors (Lipinski definition) is 2. The van der Waals surface area contributed by atoms with Crippen molar-refractivity contribution in [2.24, 2.45) is 0 Å². The van der Waals surface area contributed by atoms with Crippen molar-refractivity contribution in [3.8, 4) is 0 Å². The van der Waals surface area contributed by atoms with Crippen LogP contribution in [0.3, 0.4) is 0 Å². The van der Waals surface area contributed by atoms with Crippen molar-refractivity contribution in [3.05, 3.63) is 65.7 Å². The molecule has 0 radical (unpaired) electrons.